The van der Waals surface area contributed by atoms with Crippen molar-refractivity contribution in [1.29, 1.82) is 0 Å². The van der Waals surface area contributed by atoms with Crippen molar-refractivity contribution >= 4 is 17.6 Å². The maximum Gasteiger partial charge on any atom is 0.317 e. The van der Waals surface area contributed by atoms with E-state index in [-0.39, 0.29) is 18.0 Å². The summed E-state index contributed by atoms with van der Waals surface area (Å²) in [7, 11) is 0. The molecule has 2 aliphatic heterocycles. The van der Waals surface area contributed by atoms with Gasteiger partial charge in [-0.2, -0.15) is 0 Å². The number of amides is 3. The van der Waals surface area contributed by atoms with Crippen LogP contribution in [0.15, 0.2) is 30.3 Å². The molecule has 5 heteroatoms. The summed E-state index contributed by atoms with van der Waals surface area (Å²) in [5, 5.41) is 3.03. The van der Waals surface area contributed by atoms with Gasteiger partial charge in [-0.25, -0.2) is 4.79 Å². The molecule has 2 heterocycles. The standard InChI is InChI=1S/C17H23N3O2/c21-16-12-14(13-20(16)15-8-4-3-5-9-15)18-17(22)19-10-6-1-2-7-11-19/h3-5,8-9,14H,1-2,6-7,10-13H2,(H,18,22)/t14-/m0/s1. The average molecular weight is 301 g/mol. The molecule has 0 spiro atoms. The number of benzene rings is 1. The summed E-state index contributed by atoms with van der Waals surface area (Å²) in [5.74, 6) is 0.0763. The number of nitrogens with one attached hydrogen (secondary N) is 1. The Balaban J connectivity index is 1.58. The van der Waals surface area contributed by atoms with Crippen molar-refractivity contribution in [1.82, 2.24) is 10.2 Å². The lowest BCUT2D eigenvalue weighted by Gasteiger charge is -2.23. The first-order chi connectivity index (χ1) is 10.7. The van der Waals surface area contributed by atoms with Gasteiger partial charge < -0.3 is 15.1 Å². The van der Waals surface area contributed by atoms with Gasteiger partial charge in [0.15, 0.2) is 0 Å². The number of para-hydroxylation sites is 1. The van der Waals surface area contributed by atoms with Gasteiger partial charge in [0.2, 0.25) is 5.91 Å². The molecule has 1 N–H and O–H groups in total. The first-order valence-corrected chi connectivity index (χ1v) is 8.15. The Morgan fingerprint density at radius 1 is 1.05 bits per heavy atom. The molecule has 2 fully saturated rings. The molecule has 1 aromatic carbocycles. The normalized spacial score (nSPS) is 22.5. The monoisotopic (exact) mass is 301 g/mol. The first-order valence-electron chi connectivity index (χ1n) is 8.15. The highest BCUT2D eigenvalue weighted by Crippen LogP contribution is 2.21. The molecule has 0 aliphatic carbocycles. The highest BCUT2D eigenvalue weighted by Gasteiger charge is 2.32. The molecule has 5 nitrogen and oxygen atoms in total. The third-order valence-electron chi connectivity index (χ3n) is 4.41. The maximum atomic E-state index is 12.3. The van der Waals surface area contributed by atoms with E-state index < -0.39 is 0 Å². The van der Waals surface area contributed by atoms with E-state index in [1.165, 1.54) is 12.8 Å². The van der Waals surface area contributed by atoms with Gasteiger partial charge in [-0.3, -0.25) is 4.79 Å². The minimum absolute atomic E-state index is 0.0189. The van der Waals surface area contributed by atoms with Crippen LogP contribution in [0.1, 0.15) is 32.1 Å². The van der Waals surface area contributed by atoms with Crippen molar-refractivity contribution < 1.29 is 9.59 Å². The Morgan fingerprint density at radius 2 is 1.73 bits per heavy atom. The molecule has 2 saturated heterocycles. The molecule has 22 heavy (non-hydrogen) atoms. The molecule has 0 saturated carbocycles. The number of nitrogens with zero attached hydrogens (tertiary/aromatic N) is 2. The predicted molar refractivity (Wildman–Crippen MR) is 85.8 cm³/mol. The van der Waals surface area contributed by atoms with E-state index in [2.05, 4.69) is 5.32 Å². The summed E-state index contributed by atoms with van der Waals surface area (Å²) in [6, 6.07) is 9.52. The lowest BCUT2D eigenvalue weighted by atomic mass is 10.2. The number of rotatable bonds is 2. The molecule has 0 unspecified atom stereocenters. The molecule has 2 aliphatic rings. The number of carbonyl (C=O) groups is 2. The molecule has 0 radical (unpaired) electrons. The van der Waals surface area contributed by atoms with Gasteiger partial charge in [0.05, 0.1) is 6.04 Å². The van der Waals surface area contributed by atoms with Crippen LogP contribution in [0.3, 0.4) is 0 Å². The van der Waals surface area contributed by atoms with Crippen LogP contribution in [0.5, 0.6) is 0 Å². The molecule has 0 aromatic heterocycles. The maximum absolute atomic E-state index is 12.3. The topological polar surface area (TPSA) is 52.7 Å². The summed E-state index contributed by atoms with van der Waals surface area (Å²) >= 11 is 0. The van der Waals surface area contributed by atoms with E-state index >= 15 is 0 Å². The van der Waals surface area contributed by atoms with E-state index in [4.69, 9.17) is 0 Å². The van der Waals surface area contributed by atoms with Crippen LogP contribution in [0.4, 0.5) is 10.5 Å². The Morgan fingerprint density at radius 3 is 2.41 bits per heavy atom. The summed E-state index contributed by atoms with van der Waals surface area (Å²) in [5.41, 5.74) is 0.902. The predicted octanol–water partition coefficient (Wildman–Crippen LogP) is 2.38. The summed E-state index contributed by atoms with van der Waals surface area (Å²) < 4.78 is 0. The van der Waals surface area contributed by atoms with Gasteiger partial charge in [0, 0.05) is 31.7 Å². The van der Waals surface area contributed by atoms with E-state index in [1.807, 2.05) is 35.2 Å². The number of urea groups is 1. The number of carbonyl (C=O) groups excluding carboxylic acids is 2. The second kappa shape index (κ2) is 6.81. The SMILES string of the molecule is O=C(N[C@H]1CC(=O)N(c2ccccc2)C1)N1CCCCCC1. The molecular weight excluding hydrogens is 278 g/mol. The third-order valence-corrected chi connectivity index (χ3v) is 4.41. The first kappa shape index (κ1) is 14.9. The van der Waals surface area contributed by atoms with Gasteiger partial charge in [0.1, 0.15) is 0 Å². The second-order valence-corrected chi connectivity index (χ2v) is 6.09. The van der Waals surface area contributed by atoms with Crippen molar-refractivity contribution in [2.45, 2.75) is 38.1 Å². The van der Waals surface area contributed by atoms with Crippen LogP contribution >= 0.6 is 0 Å². The van der Waals surface area contributed by atoms with Crippen molar-refractivity contribution in [3.63, 3.8) is 0 Å². The number of likely N-dealkylation sites (tertiary alicyclic amines) is 1. The van der Waals surface area contributed by atoms with Crippen molar-refractivity contribution in [3.8, 4) is 0 Å². The third kappa shape index (κ3) is 3.40. The lowest BCUT2D eigenvalue weighted by molar-refractivity contribution is -0.117. The van der Waals surface area contributed by atoms with E-state index in [0.717, 1.165) is 31.6 Å². The Labute approximate surface area is 131 Å². The van der Waals surface area contributed by atoms with Crippen LogP contribution in [0, 0.1) is 0 Å². The Hall–Kier alpha value is -2.04. The fraction of sp³-hybridized carbons (Fsp3) is 0.529. The van der Waals surface area contributed by atoms with Crippen molar-refractivity contribution in [2.75, 3.05) is 24.5 Å². The lowest BCUT2D eigenvalue weighted by Crippen LogP contribution is -2.46. The fourth-order valence-electron chi connectivity index (χ4n) is 3.20. The summed E-state index contributed by atoms with van der Waals surface area (Å²) in [6.45, 7) is 2.21. The van der Waals surface area contributed by atoms with Gasteiger partial charge in [-0.05, 0) is 25.0 Å². The summed E-state index contributed by atoms with van der Waals surface area (Å²) in [6.07, 6.45) is 4.94. The van der Waals surface area contributed by atoms with E-state index in [0.29, 0.717) is 13.0 Å². The minimum Gasteiger partial charge on any atom is -0.333 e. The molecule has 3 rings (SSSR count). The quantitative estimate of drug-likeness (QED) is 0.912. The second-order valence-electron chi connectivity index (χ2n) is 6.09. The largest absolute Gasteiger partial charge is 0.333 e. The van der Waals surface area contributed by atoms with E-state index in [1.54, 1.807) is 4.90 Å². The highest BCUT2D eigenvalue weighted by atomic mass is 16.2. The van der Waals surface area contributed by atoms with Crippen LogP contribution in [0.25, 0.3) is 0 Å². The number of hydrogen-bond acceptors (Lipinski definition) is 2. The van der Waals surface area contributed by atoms with Crippen LogP contribution in [-0.4, -0.2) is 42.5 Å². The number of hydrogen-bond donors (Lipinski definition) is 1. The van der Waals surface area contributed by atoms with Gasteiger partial charge in [-0.1, -0.05) is 31.0 Å². The molecule has 0 bridgehead atoms. The Bertz CT molecular complexity index is 524. The highest BCUT2D eigenvalue weighted by molar-refractivity contribution is 5.96. The van der Waals surface area contributed by atoms with Gasteiger partial charge >= 0.3 is 6.03 Å². The zero-order chi connectivity index (χ0) is 15.4. The fourth-order valence-corrected chi connectivity index (χ4v) is 3.20. The molecule has 1 atom stereocenters. The van der Waals surface area contributed by atoms with Crippen molar-refractivity contribution in [2.24, 2.45) is 0 Å². The zero-order valence-electron chi connectivity index (χ0n) is 12.8. The minimum atomic E-state index is -0.0940. The molecular formula is C17H23N3O2. The van der Waals surface area contributed by atoms with Crippen molar-refractivity contribution in [3.05, 3.63) is 30.3 Å². The smallest absolute Gasteiger partial charge is 0.317 e. The molecule has 118 valence electrons. The van der Waals surface area contributed by atoms with E-state index in [9.17, 15) is 9.59 Å². The van der Waals surface area contributed by atoms with Gasteiger partial charge in [-0.15, -0.1) is 0 Å². The zero-order valence-corrected chi connectivity index (χ0v) is 12.8. The van der Waals surface area contributed by atoms with Crippen LogP contribution < -0.4 is 10.2 Å². The average Bonchev–Trinajstić information content (AvgIpc) is 2.75. The molecule has 1 aromatic rings. The molecule has 3 amide bonds. The van der Waals surface area contributed by atoms with Crippen LogP contribution in [-0.2, 0) is 4.79 Å². The summed E-state index contributed by atoms with van der Waals surface area (Å²) in [4.78, 5) is 28.1. The van der Waals surface area contributed by atoms with Gasteiger partial charge in [0.25, 0.3) is 0 Å². The Kier molecular flexibility index (Phi) is 4.61. The number of anilines is 1. The van der Waals surface area contributed by atoms with Crippen LogP contribution in [0.2, 0.25) is 0 Å².